The van der Waals surface area contributed by atoms with Gasteiger partial charge < -0.3 is 5.11 Å². The summed E-state index contributed by atoms with van der Waals surface area (Å²) >= 11 is 3.17. The topological polar surface area (TPSA) is 20.2 Å². The predicted octanol–water partition coefficient (Wildman–Crippen LogP) is 4.49. The lowest BCUT2D eigenvalue weighted by atomic mass is 9.97. The van der Waals surface area contributed by atoms with Crippen LogP contribution in [0.15, 0.2) is 40.9 Å². The molecule has 1 N–H and O–H groups in total. The lowest BCUT2D eigenvalue weighted by molar-refractivity contribution is 0.273. The van der Waals surface area contributed by atoms with Crippen molar-refractivity contribution in [2.24, 2.45) is 0 Å². The summed E-state index contributed by atoms with van der Waals surface area (Å²) in [6.45, 7) is 1.75. The Kier molecular flexibility index (Phi) is 4.32. The van der Waals surface area contributed by atoms with Crippen molar-refractivity contribution in [3.8, 4) is 11.1 Å². The number of rotatable bonds is 3. The summed E-state index contributed by atoms with van der Waals surface area (Å²) in [4.78, 5) is 0. The summed E-state index contributed by atoms with van der Waals surface area (Å²) in [6, 6.07) is 9.11. The lowest BCUT2D eigenvalue weighted by Crippen LogP contribution is -2.00. The highest BCUT2D eigenvalue weighted by atomic mass is 79.9. The van der Waals surface area contributed by atoms with E-state index >= 15 is 0 Å². The van der Waals surface area contributed by atoms with Crippen LogP contribution in [0.1, 0.15) is 18.4 Å². The molecule has 1 nitrogen and oxygen atoms in total. The van der Waals surface area contributed by atoms with E-state index in [1.165, 1.54) is 18.2 Å². The van der Waals surface area contributed by atoms with Crippen LogP contribution in [0.25, 0.3) is 11.1 Å². The summed E-state index contributed by atoms with van der Waals surface area (Å²) in [5.41, 5.74) is 1.14. The van der Waals surface area contributed by atoms with E-state index in [-0.39, 0.29) is 23.7 Å². The molecule has 1 unspecified atom stereocenters. The van der Waals surface area contributed by atoms with E-state index in [2.05, 4.69) is 15.9 Å². The van der Waals surface area contributed by atoms with Crippen molar-refractivity contribution in [3.63, 3.8) is 0 Å². The molecule has 0 amide bonds. The second kappa shape index (κ2) is 5.80. The van der Waals surface area contributed by atoms with Gasteiger partial charge in [-0.05, 0) is 23.8 Å². The molecular formula is C15H13BrF2O. The normalized spacial score (nSPS) is 12.5. The van der Waals surface area contributed by atoms with Gasteiger partial charge in [0.2, 0.25) is 0 Å². The molecule has 0 aliphatic heterocycles. The molecule has 2 aromatic rings. The SMILES string of the molecule is CC(CO)c1ccc(-c2ccc(Br)cc2F)c(F)c1. The Bertz CT molecular complexity index is 599. The molecule has 0 saturated heterocycles. The number of halogens is 3. The minimum atomic E-state index is -0.487. The van der Waals surface area contributed by atoms with Gasteiger partial charge in [0, 0.05) is 28.1 Å². The fraction of sp³-hybridized carbons (Fsp3) is 0.200. The predicted molar refractivity (Wildman–Crippen MR) is 75.0 cm³/mol. The van der Waals surface area contributed by atoms with Crippen LogP contribution in [0.3, 0.4) is 0 Å². The van der Waals surface area contributed by atoms with Crippen molar-refractivity contribution in [1.29, 1.82) is 0 Å². The van der Waals surface area contributed by atoms with Gasteiger partial charge >= 0.3 is 0 Å². The first kappa shape index (κ1) is 14.2. The van der Waals surface area contributed by atoms with Gasteiger partial charge in [0.25, 0.3) is 0 Å². The molecule has 0 aromatic heterocycles. The van der Waals surface area contributed by atoms with Crippen LogP contribution in [0.2, 0.25) is 0 Å². The van der Waals surface area contributed by atoms with Crippen molar-refractivity contribution >= 4 is 15.9 Å². The second-order valence-electron chi connectivity index (χ2n) is 4.45. The third-order valence-electron chi connectivity index (χ3n) is 3.06. The first-order valence-electron chi connectivity index (χ1n) is 5.88. The number of aliphatic hydroxyl groups excluding tert-OH is 1. The average Bonchev–Trinajstić information content (AvgIpc) is 2.38. The Morgan fingerprint density at radius 3 is 2.16 bits per heavy atom. The van der Waals surface area contributed by atoms with Crippen LogP contribution in [0.5, 0.6) is 0 Å². The van der Waals surface area contributed by atoms with E-state index in [4.69, 9.17) is 5.11 Å². The van der Waals surface area contributed by atoms with Crippen LogP contribution >= 0.6 is 15.9 Å². The number of hydrogen-bond acceptors (Lipinski definition) is 1. The molecule has 2 rings (SSSR count). The van der Waals surface area contributed by atoms with Crippen molar-refractivity contribution < 1.29 is 13.9 Å². The maximum atomic E-state index is 14.1. The van der Waals surface area contributed by atoms with Crippen LogP contribution in [0, 0.1) is 11.6 Å². The van der Waals surface area contributed by atoms with Gasteiger partial charge in [-0.1, -0.05) is 41.1 Å². The maximum Gasteiger partial charge on any atom is 0.132 e. The average molecular weight is 327 g/mol. The minimum Gasteiger partial charge on any atom is -0.396 e. The number of benzene rings is 2. The fourth-order valence-corrected chi connectivity index (χ4v) is 2.20. The van der Waals surface area contributed by atoms with Crippen molar-refractivity contribution in [3.05, 3.63) is 58.1 Å². The molecule has 0 radical (unpaired) electrons. The maximum absolute atomic E-state index is 14.1. The highest BCUT2D eigenvalue weighted by Gasteiger charge is 2.13. The van der Waals surface area contributed by atoms with Crippen LogP contribution in [0.4, 0.5) is 8.78 Å². The molecule has 0 bridgehead atoms. The Labute approximate surface area is 119 Å². The van der Waals surface area contributed by atoms with Crippen molar-refractivity contribution in [1.82, 2.24) is 0 Å². The van der Waals surface area contributed by atoms with Gasteiger partial charge in [0.05, 0.1) is 0 Å². The molecular weight excluding hydrogens is 314 g/mol. The largest absolute Gasteiger partial charge is 0.396 e. The van der Waals surface area contributed by atoms with Gasteiger partial charge in [-0.15, -0.1) is 0 Å². The van der Waals surface area contributed by atoms with E-state index in [1.807, 2.05) is 0 Å². The molecule has 0 aliphatic carbocycles. The van der Waals surface area contributed by atoms with Gasteiger partial charge in [0.15, 0.2) is 0 Å². The molecule has 0 saturated carbocycles. The zero-order valence-corrected chi connectivity index (χ0v) is 11.9. The molecule has 100 valence electrons. The molecule has 19 heavy (non-hydrogen) atoms. The quantitative estimate of drug-likeness (QED) is 0.881. The first-order chi connectivity index (χ1) is 9.02. The summed E-state index contributed by atoms with van der Waals surface area (Å²) in [6.07, 6.45) is 0. The molecule has 0 heterocycles. The van der Waals surface area contributed by atoms with E-state index in [1.54, 1.807) is 25.1 Å². The van der Waals surface area contributed by atoms with Gasteiger partial charge in [-0.3, -0.25) is 0 Å². The van der Waals surface area contributed by atoms with E-state index < -0.39 is 11.6 Å². The van der Waals surface area contributed by atoms with Crippen LogP contribution in [-0.2, 0) is 0 Å². The Morgan fingerprint density at radius 2 is 1.63 bits per heavy atom. The highest BCUT2D eigenvalue weighted by molar-refractivity contribution is 9.10. The number of hydrogen-bond donors (Lipinski definition) is 1. The monoisotopic (exact) mass is 326 g/mol. The van der Waals surface area contributed by atoms with Gasteiger partial charge in [-0.25, -0.2) is 8.78 Å². The zero-order valence-electron chi connectivity index (χ0n) is 10.3. The summed E-state index contributed by atoms with van der Waals surface area (Å²) in [5.74, 6) is -1.10. The Balaban J connectivity index is 2.46. The van der Waals surface area contributed by atoms with Gasteiger partial charge in [0.1, 0.15) is 11.6 Å². The van der Waals surface area contributed by atoms with Gasteiger partial charge in [-0.2, -0.15) is 0 Å². The smallest absolute Gasteiger partial charge is 0.132 e. The summed E-state index contributed by atoms with van der Waals surface area (Å²) in [5, 5.41) is 9.05. The molecule has 1 atom stereocenters. The molecule has 2 aromatic carbocycles. The van der Waals surface area contributed by atoms with E-state index in [0.29, 0.717) is 10.0 Å². The molecule has 4 heteroatoms. The lowest BCUT2D eigenvalue weighted by Gasteiger charge is -2.11. The third kappa shape index (κ3) is 3.01. The summed E-state index contributed by atoms with van der Waals surface area (Å²) < 4.78 is 28.5. The second-order valence-corrected chi connectivity index (χ2v) is 5.36. The molecule has 0 fully saturated rings. The minimum absolute atomic E-state index is 0.0502. The van der Waals surface area contributed by atoms with Crippen LogP contribution in [-0.4, -0.2) is 11.7 Å². The van der Waals surface area contributed by atoms with Crippen molar-refractivity contribution in [2.75, 3.05) is 6.61 Å². The Hall–Kier alpha value is -1.26. The van der Waals surface area contributed by atoms with E-state index in [9.17, 15) is 8.78 Å². The highest BCUT2D eigenvalue weighted by Crippen LogP contribution is 2.29. The molecule has 0 spiro atoms. The number of aliphatic hydroxyl groups is 1. The standard InChI is InChI=1S/C15H13BrF2O/c1-9(8-19)10-2-4-12(14(17)6-10)13-5-3-11(16)7-15(13)18/h2-7,9,19H,8H2,1H3. The zero-order chi connectivity index (χ0) is 14.0. The Morgan fingerprint density at radius 1 is 1.05 bits per heavy atom. The first-order valence-corrected chi connectivity index (χ1v) is 6.68. The van der Waals surface area contributed by atoms with Crippen molar-refractivity contribution in [2.45, 2.75) is 12.8 Å². The van der Waals surface area contributed by atoms with Crippen LogP contribution < -0.4 is 0 Å². The fourth-order valence-electron chi connectivity index (χ4n) is 1.87. The third-order valence-corrected chi connectivity index (χ3v) is 3.55. The molecule has 0 aliphatic rings. The van der Waals surface area contributed by atoms with E-state index in [0.717, 1.165) is 0 Å². The summed E-state index contributed by atoms with van der Waals surface area (Å²) in [7, 11) is 0.